The second-order valence-corrected chi connectivity index (χ2v) is 4.37. The Morgan fingerprint density at radius 2 is 2.11 bits per heavy atom. The van der Waals surface area contributed by atoms with E-state index in [9.17, 15) is 9.59 Å². The molecule has 5 heteroatoms. The van der Waals surface area contributed by atoms with Crippen LogP contribution in [0.2, 0.25) is 0 Å². The zero-order chi connectivity index (χ0) is 13.7. The number of carboxylic acid groups (broad SMARTS) is 1. The lowest BCUT2D eigenvalue weighted by atomic mass is 10.1. The van der Waals surface area contributed by atoms with Crippen LogP contribution in [0.4, 0.5) is 5.69 Å². The van der Waals surface area contributed by atoms with Gasteiger partial charge in [0.25, 0.3) is 0 Å². The molecule has 18 heavy (non-hydrogen) atoms. The van der Waals surface area contributed by atoms with Crippen LogP contribution in [0.15, 0.2) is 18.2 Å². The number of aryl methyl sites for hydroxylation is 1. The number of nitrogens with two attached hydrogens (primary N) is 1. The van der Waals surface area contributed by atoms with Gasteiger partial charge in [-0.25, -0.2) is 0 Å². The van der Waals surface area contributed by atoms with E-state index in [0.29, 0.717) is 12.0 Å². The van der Waals surface area contributed by atoms with Crippen molar-refractivity contribution < 1.29 is 14.7 Å². The number of rotatable bonds is 6. The highest BCUT2D eigenvalue weighted by Crippen LogP contribution is 2.18. The van der Waals surface area contributed by atoms with E-state index in [0.717, 1.165) is 11.3 Å². The second-order valence-electron chi connectivity index (χ2n) is 4.37. The molecule has 1 rings (SSSR count). The highest BCUT2D eigenvalue weighted by molar-refractivity contribution is 5.93. The van der Waals surface area contributed by atoms with Gasteiger partial charge in [0, 0.05) is 23.7 Å². The van der Waals surface area contributed by atoms with E-state index in [1.54, 1.807) is 18.2 Å². The Labute approximate surface area is 106 Å². The van der Waals surface area contributed by atoms with Crippen LogP contribution in [0.3, 0.4) is 0 Å². The van der Waals surface area contributed by atoms with Gasteiger partial charge < -0.3 is 16.2 Å². The molecule has 0 aliphatic carbocycles. The van der Waals surface area contributed by atoms with Crippen LogP contribution in [0.25, 0.3) is 0 Å². The number of hydrogen-bond acceptors (Lipinski definition) is 3. The number of carbonyl (C=O) groups is 2. The minimum absolute atomic E-state index is 0.0548. The molecule has 1 atom stereocenters. The molecule has 5 nitrogen and oxygen atoms in total. The Bertz CT molecular complexity index is 458. The number of amides is 1. The third kappa shape index (κ3) is 4.08. The maximum atomic E-state index is 11.0. The van der Waals surface area contributed by atoms with Crippen molar-refractivity contribution in [2.24, 2.45) is 5.73 Å². The molecule has 0 fully saturated rings. The fourth-order valence-electron chi connectivity index (χ4n) is 1.66. The Hall–Kier alpha value is -2.04. The van der Waals surface area contributed by atoms with Crippen LogP contribution in [-0.4, -0.2) is 23.0 Å². The normalized spacial score (nSPS) is 11.9. The fraction of sp³-hybridized carbons (Fsp3) is 0.385. The van der Waals surface area contributed by atoms with Crippen molar-refractivity contribution in [3.63, 3.8) is 0 Å². The van der Waals surface area contributed by atoms with Gasteiger partial charge in [-0.05, 0) is 44.0 Å². The van der Waals surface area contributed by atoms with Crippen molar-refractivity contribution >= 4 is 17.6 Å². The summed E-state index contributed by atoms with van der Waals surface area (Å²) in [5, 5.41) is 11.8. The third-order valence-electron chi connectivity index (χ3n) is 2.70. The van der Waals surface area contributed by atoms with Crippen molar-refractivity contribution in [3.8, 4) is 0 Å². The minimum atomic E-state index is -0.801. The van der Waals surface area contributed by atoms with Gasteiger partial charge >= 0.3 is 5.97 Å². The predicted octanol–water partition coefficient (Wildman–Crippen LogP) is 1.76. The summed E-state index contributed by atoms with van der Waals surface area (Å²) in [5.41, 5.74) is 7.46. The van der Waals surface area contributed by atoms with Gasteiger partial charge in [0.2, 0.25) is 5.91 Å². The number of aliphatic carboxylic acids is 1. The average molecular weight is 250 g/mol. The summed E-state index contributed by atoms with van der Waals surface area (Å²) in [4.78, 5) is 21.5. The van der Waals surface area contributed by atoms with Gasteiger partial charge in [-0.15, -0.1) is 0 Å². The average Bonchev–Trinajstić information content (AvgIpc) is 2.29. The van der Waals surface area contributed by atoms with Gasteiger partial charge in [-0.3, -0.25) is 9.59 Å². The van der Waals surface area contributed by atoms with Crippen molar-refractivity contribution in [1.82, 2.24) is 0 Å². The molecule has 0 saturated carbocycles. The van der Waals surface area contributed by atoms with E-state index >= 15 is 0 Å². The second kappa shape index (κ2) is 6.05. The number of carboxylic acids is 1. The minimum Gasteiger partial charge on any atom is -0.481 e. The molecule has 0 heterocycles. The lowest BCUT2D eigenvalue weighted by Crippen LogP contribution is -2.18. The maximum Gasteiger partial charge on any atom is 0.303 e. The maximum absolute atomic E-state index is 11.0. The zero-order valence-corrected chi connectivity index (χ0v) is 10.6. The Morgan fingerprint density at radius 3 is 2.61 bits per heavy atom. The van der Waals surface area contributed by atoms with E-state index in [1.165, 1.54) is 0 Å². The van der Waals surface area contributed by atoms with Crippen LogP contribution in [0.1, 0.15) is 35.7 Å². The molecule has 0 bridgehead atoms. The van der Waals surface area contributed by atoms with Crippen molar-refractivity contribution in [1.29, 1.82) is 0 Å². The summed E-state index contributed by atoms with van der Waals surface area (Å²) in [7, 11) is 0. The van der Waals surface area contributed by atoms with E-state index < -0.39 is 11.9 Å². The van der Waals surface area contributed by atoms with Gasteiger partial charge in [0.05, 0.1) is 0 Å². The lowest BCUT2D eigenvalue weighted by Gasteiger charge is -2.16. The molecule has 1 amide bonds. The molecular weight excluding hydrogens is 232 g/mol. The summed E-state index contributed by atoms with van der Waals surface area (Å²) >= 11 is 0. The van der Waals surface area contributed by atoms with Crippen LogP contribution >= 0.6 is 0 Å². The standard InChI is InChI=1S/C13H18N2O3/c1-8-7-10(13(14)18)4-5-11(8)15-9(2)3-6-12(16)17/h4-5,7,9,15H,3,6H2,1-2H3,(H2,14,18)(H,16,17). The van der Waals surface area contributed by atoms with Crippen LogP contribution in [0, 0.1) is 6.92 Å². The molecule has 1 aromatic rings. The molecule has 98 valence electrons. The van der Waals surface area contributed by atoms with Crippen molar-refractivity contribution in [2.45, 2.75) is 32.7 Å². The van der Waals surface area contributed by atoms with E-state index in [2.05, 4.69) is 5.32 Å². The summed E-state index contributed by atoms with van der Waals surface area (Å²) < 4.78 is 0. The van der Waals surface area contributed by atoms with Gasteiger partial charge in [0.15, 0.2) is 0 Å². The molecule has 4 N–H and O–H groups in total. The number of carbonyl (C=O) groups excluding carboxylic acids is 1. The molecule has 0 spiro atoms. The summed E-state index contributed by atoms with van der Waals surface area (Å²) in [6.45, 7) is 3.79. The topological polar surface area (TPSA) is 92.4 Å². The molecule has 0 saturated heterocycles. The van der Waals surface area contributed by atoms with E-state index in [1.807, 2.05) is 13.8 Å². The Balaban J connectivity index is 2.67. The molecule has 0 aliphatic rings. The van der Waals surface area contributed by atoms with Gasteiger partial charge in [0.1, 0.15) is 0 Å². The third-order valence-corrected chi connectivity index (χ3v) is 2.70. The predicted molar refractivity (Wildman–Crippen MR) is 69.7 cm³/mol. The largest absolute Gasteiger partial charge is 0.481 e. The van der Waals surface area contributed by atoms with Crippen molar-refractivity contribution in [3.05, 3.63) is 29.3 Å². The smallest absolute Gasteiger partial charge is 0.303 e. The summed E-state index contributed by atoms with van der Waals surface area (Å²) in [6, 6.07) is 5.21. The molecule has 0 aliphatic heterocycles. The zero-order valence-electron chi connectivity index (χ0n) is 10.6. The first-order chi connectivity index (χ1) is 8.40. The van der Waals surface area contributed by atoms with Gasteiger partial charge in [-0.2, -0.15) is 0 Å². The molecule has 0 radical (unpaired) electrons. The summed E-state index contributed by atoms with van der Waals surface area (Å²) in [6.07, 6.45) is 0.679. The fourth-order valence-corrected chi connectivity index (χ4v) is 1.66. The van der Waals surface area contributed by atoms with Crippen LogP contribution < -0.4 is 11.1 Å². The lowest BCUT2D eigenvalue weighted by molar-refractivity contribution is -0.137. The highest BCUT2D eigenvalue weighted by Gasteiger charge is 2.08. The first-order valence-electron chi connectivity index (χ1n) is 5.79. The molecule has 1 unspecified atom stereocenters. The quantitative estimate of drug-likeness (QED) is 0.717. The monoisotopic (exact) mass is 250 g/mol. The number of primary amides is 1. The van der Waals surface area contributed by atoms with E-state index in [-0.39, 0.29) is 12.5 Å². The van der Waals surface area contributed by atoms with Crippen LogP contribution in [-0.2, 0) is 4.79 Å². The highest BCUT2D eigenvalue weighted by atomic mass is 16.4. The Kier molecular flexibility index (Phi) is 4.71. The number of hydrogen-bond donors (Lipinski definition) is 3. The number of anilines is 1. The first-order valence-corrected chi connectivity index (χ1v) is 5.79. The van der Waals surface area contributed by atoms with Crippen LogP contribution in [0.5, 0.6) is 0 Å². The van der Waals surface area contributed by atoms with E-state index in [4.69, 9.17) is 10.8 Å². The first kappa shape index (κ1) is 14.0. The molecular formula is C13H18N2O3. The SMILES string of the molecule is Cc1cc(C(N)=O)ccc1NC(C)CCC(=O)O. The molecule has 0 aromatic heterocycles. The number of nitrogens with one attached hydrogen (secondary N) is 1. The van der Waals surface area contributed by atoms with Gasteiger partial charge in [-0.1, -0.05) is 0 Å². The molecule has 1 aromatic carbocycles. The number of benzene rings is 1. The Morgan fingerprint density at radius 1 is 1.44 bits per heavy atom. The van der Waals surface area contributed by atoms with Crippen molar-refractivity contribution in [2.75, 3.05) is 5.32 Å². The summed E-state index contributed by atoms with van der Waals surface area (Å²) in [5.74, 6) is -1.26.